The summed E-state index contributed by atoms with van der Waals surface area (Å²) in [5.41, 5.74) is 6.30. The molecule has 0 unspecified atom stereocenters. The number of hydrogen-bond acceptors (Lipinski definition) is 4. The number of nitrogens with two attached hydrogens (primary N) is 1. The third-order valence-corrected chi connectivity index (χ3v) is 4.53. The molecule has 0 saturated carbocycles. The molecule has 0 aromatic heterocycles. The molecule has 1 aliphatic heterocycles. The van der Waals surface area contributed by atoms with Crippen molar-refractivity contribution in [3.05, 3.63) is 29.8 Å². The van der Waals surface area contributed by atoms with Crippen LogP contribution in [0, 0.1) is 0 Å². The van der Waals surface area contributed by atoms with Gasteiger partial charge in [-0.25, -0.2) is 0 Å². The molecule has 24 heavy (non-hydrogen) atoms. The van der Waals surface area contributed by atoms with Gasteiger partial charge in [-0.3, -0.25) is 15.1 Å². The number of piperidine rings is 1. The molecule has 1 aromatic rings. The molecule has 0 aliphatic carbocycles. The van der Waals surface area contributed by atoms with Crippen LogP contribution in [0.25, 0.3) is 0 Å². The second-order valence-corrected chi connectivity index (χ2v) is 7.46. The van der Waals surface area contributed by atoms with Crippen molar-refractivity contribution in [3.63, 3.8) is 0 Å². The van der Waals surface area contributed by atoms with Gasteiger partial charge in [0.15, 0.2) is 0 Å². The maximum Gasteiger partial charge on any atom is 0.257 e. The molecule has 1 fully saturated rings. The van der Waals surface area contributed by atoms with E-state index in [1.165, 1.54) is 0 Å². The average Bonchev–Trinajstić information content (AvgIpc) is 2.50. The first-order chi connectivity index (χ1) is 11.2. The molecule has 3 N–H and O–H groups in total. The van der Waals surface area contributed by atoms with Crippen LogP contribution in [0.1, 0.15) is 57.3 Å². The largest absolute Gasteiger partial charge is 0.497 e. The van der Waals surface area contributed by atoms with Crippen molar-refractivity contribution in [1.29, 1.82) is 0 Å². The Kier molecular flexibility index (Phi) is 5.06. The molecule has 1 heterocycles. The smallest absolute Gasteiger partial charge is 0.257 e. The number of hydrazone groups is 1. The molecule has 1 aromatic carbocycles. The summed E-state index contributed by atoms with van der Waals surface area (Å²) in [4.78, 5) is 12.3. The zero-order valence-corrected chi connectivity index (χ0v) is 15.2. The number of ether oxygens (including phenoxy) is 1. The first-order valence-electron chi connectivity index (χ1n) is 8.25. The maximum absolute atomic E-state index is 12.3. The molecule has 0 radical (unpaired) electrons. The monoisotopic (exact) mass is 332 g/mol. The van der Waals surface area contributed by atoms with Gasteiger partial charge in [0.1, 0.15) is 5.75 Å². The lowest BCUT2D eigenvalue weighted by Gasteiger charge is -2.51. The van der Waals surface area contributed by atoms with E-state index in [0.717, 1.165) is 19.3 Å². The molecular formula is C18H28N4O2. The predicted molar refractivity (Wildman–Crippen MR) is 95.9 cm³/mol. The minimum Gasteiger partial charge on any atom is -0.497 e. The molecule has 0 spiro atoms. The summed E-state index contributed by atoms with van der Waals surface area (Å²) in [6.45, 7) is 8.60. The van der Waals surface area contributed by atoms with Crippen LogP contribution < -0.4 is 15.8 Å². The van der Waals surface area contributed by atoms with Gasteiger partial charge in [0, 0.05) is 5.56 Å². The number of hydrogen-bond donors (Lipinski definition) is 2. The van der Waals surface area contributed by atoms with Crippen LogP contribution in [-0.2, 0) is 0 Å². The molecule has 0 atom stereocenters. The summed E-state index contributed by atoms with van der Waals surface area (Å²) in [7, 11) is 1.59. The van der Waals surface area contributed by atoms with Crippen LogP contribution in [-0.4, -0.2) is 35.1 Å². The van der Waals surface area contributed by atoms with E-state index in [2.05, 4.69) is 38.1 Å². The number of carbonyl (C=O) groups is 1. The highest BCUT2D eigenvalue weighted by Crippen LogP contribution is 2.38. The highest BCUT2D eigenvalue weighted by Gasteiger charge is 2.41. The lowest BCUT2D eigenvalue weighted by molar-refractivity contribution is -0.0251. The Labute approximate surface area is 144 Å². The highest BCUT2D eigenvalue weighted by molar-refractivity contribution is 6.05. The van der Waals surface area contributed by atoms with Crippen molar-refractivity contribution >= 4 is 11.9 Å². The average molecular weight is 332 g/mol. The number of carbonyl (C=O) groups excluding carboxylic acids is 1. The van der Waals surface area contributed by atoms with Crippen molar-refractivity contribution in [2.45, 2.75) is 58.0 Å². The fraction of sp³-hybridized carbons (Fsp3) is 0.556. The summed E-state index contributed by atoms with van der Waals surface area (Å²) < 4.78 is 5.09. The van der Waals surface area contributed by atoms with Crippen LogP contribution in [0.4, 0.5) is 0 Å². The lowest BCUT2D eigenvalue weighted by Crippen LogP contribution is -2.57. The van der Waals surface area contributed by atoms with Gasteiger partial charge in [-0.2, -0.15) is 0 Å². The summed E-state index contributed by atoms with van der Waals surface area (Å²) in [5, 5.41) is 9.20. The Hall–Kier alpha value is -2.24. The molecule has 2 rings (SSSR count). The van der Waals surface area contributed by atoms with E-state index in [0.29, 0.717) is 11.3 Å². The standard InChI is InChI=1S/C18H28N4O2/c1-17(2)11-6-12-18(3,4)22(17)21-16(19)20-15(23)13-7-9-14(24-5)10-8-13/h7-10H,6,11-12H2,1-5H3,(H3,19,20,21,23). The normalized spacial score (nSPS) is 19.7. The number of nitrogens with zero attached hydrogens (tertiary/aromatic N) is 2. The van der Waals surface area contributed by atoms with E-state index in [-0.39, 0.29) is 22.9 Å². The van der Waals surface area contributed by atoms with Crippen molar-refractivity contribution in [2.24, 2.45) is 10.8 Å². The number of nitrogens with one attached hydrogen (secondary N) is 1. The summed E-state index contributed by atoms with van der Waals surface area (Å²) in [6, 6.07) is 6.85. The second-order valence-electron chi connectivity index (χ2n) is 7.46. The number of guanidine groups is 1. The molecular weight excluding hydrogens is 304 g/mol. The Bertz CT molecular complexity index is 604. The molecule has 6 heteroatoms. The zero-order valence-electron chi connectivity index (χ0n) is 15.2. The number of methoxy groups -OCH3 is 1. The van der Waals surface area contributed by atoms with Crippen molar-refractivity contribution in [2.75, 3.05) is 7.11 Å². The molecule has 0 bridgehead atoms. The number of amides is 1. The van der Waals surface area contributed by atoms with Gasteiger partial charge < -0.3 is 10.5 Å². The van der Waals surface area contributed by atoms with Crippen molar-refractivity contribution < 1.29 is 9.53 Å². The highest BCUT2D eigenvalue weighted by atomic mass is 16.5. The fourth-order valence-electron chi connectivity index (χ4n) is 3.32. The van der Waals surface area contributed by atoms with Gasteiger partial charge in [-0.05, 0) is 71.2 Å². The summed E-state index contributed by atoms with van der Waals surface area (Å²) >= 11 is 0. The van der Waals surface area contributed by atoms with Gasteiger partial charge in [-0.15, -0.1) is 5.10 Å². The lowest BCUT2D eigenvalue weighted by atomic mass is 9.82. The van der Waals surface area contributed by atoms with E-state index in [9.17, 15) is 4.79 Å². The first-order valence-corrected chi connectivity index (χ1v) is 8.25. The van der Waals surface area contributed by atoms with Crippen LogP contribution in [0.3, 0.4) is 0 Å². The maximum atomic E-state index is 12.3. The quantitative estimate of drug-likeness (QED) is 0.659. The summed E-state index contributed by atoms with van der Waals surface area (Å²) in [5.74, 6) is 0.524. The van der Waals surface area contributed by atoms with Crippen LogP contribution in [0.2, 0.25) is 0 Å². The Morgan fingerprint density at radius 1 is 1.17 bits per heavy atom. The minimum atomic E-state index is -0.286. The SMILES string of the molecule is COc1ccc(C(=O)NC(N)=NN2C(C)(C)CCCC2(C)C)cc1. The van der Waals surface area contributed by atoms with E-state index in [1.807, 2.05) is 5.01 Å². The molecule has 1 saturated heterocycles. The Balaban J connectivity index is 2.13. The number of benzene rings is 1. The van der Waals surface area contributed by atoms with Crippen LogP contribution in [0.5, 0.6) is 5.75 Å². The zero-order chi connectivity index (χ0) is 18.0. The van der Waals surface area contributed by atoms with E-state index in [4.69, 9.17) is 10.5 Å². The number of rotatable bonds is 3. The van der Waals surface area contributed by atoms with Crippen molar-refractivity contribution in [1.82, 2.24) is 10.3 Å². The molecule has 6 nitrogen and oxygen atoms in total. The van der Waals surface area contributed by atoms with Gasteiger partial charge in [-0.1, -0.05) is 0 Å². The topological polar surface area (TPSA) is 79.9 Å². The van der Waals surface area contributed by atoms with E-state index in [1.54, 1.807) is 31.4 Å². The predicted octanol–water partition coefficient (Wildman–Crippen LogP) is 2.70. The first kappa shape index (κ1) is 18.1. The summed E-state index contributed by atoms with van der Waals surface area (Å²) in [6.07, 6.45) is 3.24. The van der Waals surface area contributed by atoms with Crippen LogP contribution in [0.15, 0.2) is 29.4 Å². The van der Waals surface area contributed by atoms with Gasteiger partial charge in [0.05, 0.1) is 18.2 Å². The second kappa shape index (κ2) is 6.71. The molecule has 132 valence electrons. The molecule has 1 amide bonds. The van der Waals surface area contributed by atoms with Crippen LogP contribution >= 0.6 is 0 Å². The van der Waals surface area contributed by atoms with Gasteiger partial charge in [0.2, 0.25) is 5.96 Å². The van der Waals surface area contributed by atoms with E-state index < -0.39 is 0 Å². The fourth-order valence-corrected chi connectivity index (χ4v) is 3.32. The Morgan fingerprint density at radius 2 is 1.71 bits per heavy atom. The van der Waals surface area contributed by atoms with E-state index >= 15 is 0 Å². The minimum absolute atomic E-state index is 0.1000. The van der Waals surface area contributed by atoms with Crippen molar-refractivity contribution in [3.8, 4) is 5.75 Å². The van der Waals surface area contributed by atoms with Gasteiger partial charge >= 0.3 is 0 Å². The third kappa shape index (κ3) is 3.99. The Morgan fingerprint density at radius 3 is 2.21 bits per heavy atom. The molecule has 1 aliphatic rings. The third-order valence-electron chi connectivity index (χ3n) is 4.53. The van der Waals surface area contributed by atoms with Gasteiger partial charge in [0.25, 0.3) is 5.91 Å².